The number of amides is 1. The molecule has 17 heavy (non-hydrogen) atoms. The topological polar surface area (TPSA) is 64.3 Å². The van der Waals surface area contributed by atoms with Crippen LogP contribution >= 0.6 is 0 Å². The van der Waals surface area contributed by atoms with E-state index in [0.717, 1.165) is 18.6 Å². The predicted molar refractivity (Wildman–Crippen MR) is 66.0 cm³/mol. The van der Waals surface area contributed by atoms with Crippen LogP contribution in [0.3, 0.4) is 0 Å². The van der Waals surface area contributed by atoms with Gasteiger partial charge in [0, 0.05) is 0 Å². The SMILES string of the molecule is CNC(COc1ccc2c(c1)CCC2)C(N)=O. The van der Waals surface area contributed by atoms with Crippen LogP contribution in [0.2, 0.25) is 0 Å². The lowest BCUT2D eigenvalue weighted by Gasteiger charge is -2.14. The molecule has 0 aromatic heterocycles. The minimum Gasteiger partial charge on any atom is -0.491 e. The molecule has 4 nitrogen and oxygen atoms in total. The Morgan fingerprint density at radius 3 is 2.94 bits per heavy atom. The summed E-state index contributed by atoms with van der Waals surface area (Å²) in [7, 11) is 1.70. The molecule has 0 aliphatic heterocycles. The third kappa shape index (κ3) is 2.77. The summed E-state index contributed by atoms with van der Waals surface area (Å²) in [6.45, 7) is 0.268. The van der Waals surface area contributed by atoms with Crippen LogP contribution in [-0.2, 0) is 17.6 Å². The zero-order valence-electron chi connectivity index (χ0n) is 10.0. The average Bonchev–Trinajstić information content (AvgIpc) is 2.76. The van der Waals surface area contributed by atoms with Crippen molar-refractivity contribution in [2.24, 2.45) is 5.73 Å². The highest BCUT2D eigenvalue weighted by Crippen LogP contribution is 2.25. The van der Waals surface area contributed by atoms with Gasteiger partial charge in [-0.15, -0.1) is 0 Å². The number of nitrogens with two attached hydrogens (primary N) is 1. The minimum atomic E-state index is -0.441. The Hall–Kier alpha value is -1.55. The van der Waals surface area contributed by atoms with Crippen LogP contribution in [-0.4, -0.2) is 25.6 Å². The van der Waals surface area contributed by atoms with Gasteiger partial charge in [-0.05, 0) is 49.6 Å². The number of carbonyl (C=O) groups is 1. The smallest absolute Gasteiger partial charge is 0.238 e. The normalized spacial score (nSPS) is 15.4. The first-order valence-corrected chi connectivity index (χ1v) is 5.92. The summed E-state index contributed by atoms with van der Waals surface area (Å²) in [5.41, 5.74) is 8.00. The van der Waals surface area contributed by atoms with E-state index in [4.69, 9.17) is 10.5 Å². The zero-order valence-corrected chi connectivity index (χ0v) is 10.0. The van der Waals surface area contributed by atoms with E-state index >= 15 is 0 Å². The molecule has 0 saturated carbocycles. The second-order valence-electron chi connectivity index (χ2n) is 4.34. The number of primary amides is 1. The fourth-order valence-electron chi connectivity index (χ4n) is 2.13. The quantitative estimate of drug-likeness (QED) is 0.785. The summed E-state index contributed by atoms with van der Waals surface area (Å²) in [5.74, 6) is 0.417. The van der Waals surface area contributed by atoms with Crippen molar-refractivity contribution in [1.82, 2.24) is 5.32 Å². The summed E-state index contributed by atoms with van der Waals surface area (Å²) >= 11 is 0. The molecule has 1 unspecified atom stereocenters. The molecule has 2 rings (SSSR count). The van der Waals surface area contributed by atoms with E-state index in [1.807, 2.05) is 6.07 Å². The molecule has 0 saturated heterocycles. The molecule has 1 aliphatic rings. The van der Waals surface area contributed by atoms with Gasteiger partial charge in [-0.1, -0.05) is 6.07 Å². The molecule has 92 valence electrons. The zero-order chi connectivity index (χ0) is 12.3. The van der Waals surface area contributed by atoms with Crippen molar-refractivity contribution >= 4 is 5.91 Å². The Morgan fingerprint density at radius 1 is 1.47 bits per heavy atom. The van der Waals surface area contributed by atoms with Crippen LogP contribution in [0.1, 0.15) is 17.5 Å². The second kappa shape index (κ2) is 5.19. The van der Waals surface area contributed by atoms with Crippen LogP contribution in [0.25, 0.3) is 0 Å². The first kappa shape index (κ1) is 11.9. The molecule has 1 amide bonds. The number of ether oxygens (including phenoxy) is 1. The van der Waals surface area contributed by atoms with Crippen molar-refractivity contribution in [3.63, 3.8) is 0 Å². The summed E-state index contributed by atoms with van der Waals surface area (Å²) in [4.78, 5) is 11.0. The van der Waals surface area contributed by atoms with Gasteiger partial charge in [-0.3, -0.25) is 4.79 Å². The number of aryl methyl sites for hydroxylation is 2. The maximum Gasteiger partial charge on any atom is 0.238 e. The highest BCUT2D eigenvalue weighted by Gasteiger charge is 2.15. The highest BCUT2D eigenvalue weighted by atomic mass is 16.5. The molecule has 1 aromatic rings. The maximum absolute atomic E-state index is 11.0. The average molecular weight is 234 g/mol. The number of rotatable bonds is 5. The van der Waals surface area contributed by atoms with Crippen LogP contribution in [0.5, 0.6) is 5.75 Å². The molecule has 0 fully saturated rings. The highest BCUT2D eigenvalue weighted by molar-refractivity contribution is 5.79. The standard InChI is InChI=1S/C13H18N2O2/c1-15-12(13(14)16)8-17-11-6-5-9-3-2-4-10(9)7-11/h5-7,12,15H,2-4,8H2,1H3,(H2,14,16). The van der Waals surface area contributed by atoms with Gasteiger partial charge in [0.1, 0.15) is 18.4 Å². The lowest BCUT2D eigenvalue weighted by molar-refractivity contribution is -0.120. The Labute approximate surface area is 101 Å². The van der Waals surface area contributed by atoms with E-state index in [-0.39, 0.29) is 6.61 Å². The van der Waals surface area contributed by atoms with Gasteiger partial charge in [0.2, 0.25) is 5.91 Å². The van der Waals surface area contributed by atoms with E-state index in [1.165, 1.54) is 17.5 Å². The number of hydrogen-bond acceptors (Lipinski definition) is 3. The second-order valence-corrected chi connectivity index (χ2v) is 4.34. The van der Waals surface area contributed by atoms with Gasteiger partial charge in [-0.2, -0.15) is 0 Å². The van der Waals surface area contributed by atoms with Gasteiger partial charge in [0.25, 0.3) is 0 Å². The molecule has 1 aliphatic carbocycles. The van der Waals surface area contributed by atoms with Gasteiger partial charge >= 0.3 is 0 Å². The van der Waals surface area contributed by atoms with Crippen molar-refractivity contribution < 1.29 is 9.53 Å². The van der Waals surface area contributed by atoms with Gasteiger partial charge in [-0.25, -0.2) is 0 Å². The number of benzene rings is 1. The fourth-order valence-corrected chi connectivity index (χ4v) is 2.13. The van der Waals surface area contributed by atoms with E-state index < -0.39 is 11.9 Å². The van der Waals surface area contributed by atoms with E-state index in [9.17, 15) is 4.79 Å². The Kier molecular flexibility index (Phi) is 3.64. The number of nitrogens with one attached hydrogen (secondary N) is 1. The third-order valence-electron chi connectivity index (χ3n) is 3.18. The predicted octanol–water partition coefficient (Wildman–Crippen LogP) is 0.627. The van der Waals surface area contributed by atoms with Crippen molar-refractivity contribution in [3.05, 3.63) is 29.3 Å². The molecule has 1 aromatic carbocycles. The molecule has 3 N–H and O–H groups in total. The lowest BCUT2D eigenvalue weighted by Crippen LogP contribution is -2.43. The van der Waals surface area contributed by atoms with E-state index in [2.05, 4.69) is 17.4 Å². The maximum atomic E-state index is 11.0. The largest absolute Gasteiger partial charge is 0.491 e. The molecular formula is C13H18N2O2. The first-order chi connectivity index (χ1) is 8.20. The summed E-state index contributed by atoms with van der Waals surface area (Å²) < 4.78 is 5.58. The van der Waals surface area contributed by atoms with Gasteiger partial charge in [0.05, 0.1) is 0 Å². The molecular weight excluding hydrogens is 216 g/mol. The number of likely N-dealkylation sites (N-methyl/N-ethyl adjacent to an activating group) is 1. The summed E-state index contributed by atoms with van der Waals surface area (Å²) in [6.07, 6.45) is 3.51. The Morgan fingerprint density at radius 2 is 2.24 bits per heavy atom. The molecule has 0 bridgehead atoms. The van der Waals surface area contributed by atoms with E-state index in [1.54, 1.807) is 7.05 Å². The van der Waals surface area contributed by atoms with Crippen LogP contribution in [0.4, 0.5) is 0 Å². The fraction of sp³-hybridized carbons (Fsp3) is 0.462. The molecule has 1 atom stereocenters. The van der Waals surface area contributed by atoms with Crippen molar-refractivity contribution in [2.45, 2.75) is 25.3 Å². The molecule has 0 heterocycles. The van der Waals surface area contributed by atoms with Gasteiger partial charge < -0.3 is 15.8 Å². The first-order valence-electron chi connectivity index (χ1n) is 5.92. The molecule has 0 radical (unpaired) electrons. The Balaban J connectivity index is 1.97. The summed E-state index contributed by atoms with van der Waals surface area (Å²) in [5, 5.41) is 2.82. The number of fused-ring (bicyclic) bond motifs is 1. The summed E-state index contributed by atoms with van der Waals surface area (Å²) in [6, 6.07) is 5.69. The van der Waals surface area contributed by atoms with Crippen molar-refractivity contribution in [1.29, 1.82) is 0 Å². The van der Waals surface area contributed by atoms with Gasteiger partial charge in [0.15, 0.2) is 0 Å². The van der Waals surface area contributed by atoms with E-state index in [0.29, 0.717) is 0 Å². The number of carbonyl (C=O) groups excluding carboxylic acids is 1. The van der Waals surface area contributed by atoms with Crippen LogP contribution < -0.4 is 15.8 Å². The van der Waals surface area contributed by atoms with Crippen LogP contribution in [0.15, 0.2) is 18.2 Å². The van der Waals surface area contributed by atoms with Crippen molar-refractivity contribution in [3.8, 4) is 5.75 Å². The molecule has 0 spiro atoms. The van der Waals surface area contributed by atoms with Crippen LogP contribution in [0, 0.1) is 0 Å². The minimum absolute atomic E-state index is 0.268. The molecule has 4 heteroatoms. The Bertz CT molecular complexity index is 418. The van der Waals surface area contributed by atoms with Crippen molar-refractivity contribution in [2.75, 3.05) is 13.7 Å². The lowest BCUT2D eigenvalue weighted by atomic mass is 10.1. The number of hydrogen-bond donors (Lipinski definition) is 2. The third-order valence-corrected chi connectivity index (χ3v) is 3.18. The monoisotopic (exact) mass is 234 g/mol.